The van der Waals surface area contributed by atoms with E-state index in [1.165, 1.54) is 12.8 Å². The quantitative estimate of drug-likeness (QED) is 0.694. The van der Waals surface area contributed by atoms with Crippen molar-refractivity contribution in [2.75, 3.05) is 65.9 Å². The number of hydrogen-bond donors (Lipinski definition) is 1. The van der Waals surface area contributed by atoms with Crippen LogP contribution in [0.1, 0.15) is 29.5 Å². The maximum atomic E-state index is 14.0. The van der Waals surface area contributed by atoms with Gasteiger partial charge in [0.05, 0.1) is 25.9 Å². The number of nitrogens with one attached hydrogen (secondary N) is 1. The highest BCUT2D eigenvalue weighted by molar-refractivity contribution is 6.09. The molecule has 4 heterocycles. The molecule has 8 nitrogen and oxygen atoms in total. The van der Waals surface area contributed by atoms with Gasteiger partial charge in [0.15, 0.2) is 5.54 Å². The lowest BCUT2D eigenvalue weighted by Crippen LogP contribution is -2.77. The van der Waals surface area contributed by atoms with Gasteiger partial charge in [-0.15, -0.1) is 0 Å². The summed E-state index contributed by atoms with van der Waals surface area (Å²) in [6.07, 6.45) is 2.46. The van der Waals surface area contributed by atoms with Crippen molar-refractivity contribution in [2.45, 2.75) is 24.4 Å². The molecule has 1 atom stereocenters. The lowest BCUT2D eigenvalue weighted by atomic mass is 9.67. The van der Waals surface area contributed by atoms with E-state index in [1.54, 1.807) is 20.3 Å². The third kappa shape index (κ3) is 3.34. The molecule has 0 radical (unpaired) electrons. The Balaban J connectivity index is 1.36. The van der Waals surface area contributed by atoms with Gasteiger partial charge in [0, 0.05) is 54.5 Å². The Morgan fingerprint density at radius 3 is 2.42 bits per heavy atom. The highest BCUT2D eigenvalue weighted by Gasteiger charge is 2.63. The predicted octanol–water partition coefficient (Wildman–Crippen LogP) is 2.48. The van der Waals surface area contributed by atoms with Crippen molar-refractivity contribution in [3.63, 3.8) is 0 Å². The highest BCUT2D eigenvalue weighted by atomic mass is 16.5. The van der Waals surface area contributed by atoms with Crippen molar-refractivity contribution < 1.29 is 14.3 Å². The number of methoxy groups -OCH3 is 2. The minimum absolute atomic E-state index is 0.111. The number of rotatable bonds is 5. The molecule has 8 heteroatoms. The predicted molar refractivity (Wildman–Crippen MR) is 136 cm³/mol. The molecule has 2 aromatic carbocycles. The first-order chi connectivity index (χ1) is 17.4. The number of anilines is 1. The van der Waals surface area contributed by atoms with Crippen LogP contribution in [0, 0.1) is 16.7 Å². The van der Waals surface area contributed by atoms with E-state index in [0.717, 1.165) is 56.1 Å². The maximum absolute atomic E-state index is 14.0. The van der Waals surface area contributed by atoms with E-state index in [-0.39, 0.29) is 11.3 Å². The lowest BCUT2D eigenvalue weighted by molar-refractivity contribution is -0.169. The third-order valence-electron chi connectivity index (χ3n) is 8.72. The first-order valence-electron chi connectivity index (χ1n) is 12.7. The van der Waals surface area contributed by atoms with E-state index in [1.807, 2.05) is 30.3 Å². The van der Waals surface area contributed by atoms with Crippen molar-refractivity contribution in [3.05, 3.63) is 53.1 Å². The van der Waals surface area contributed by atoms with Gasteiger partial charge < -0.3 is 19.7 Å². The monoisotopic (exact) mass is 487 g/mol. The zero-order valence-corrected chi connectivity index (χ0v) is 21.2. The minimum Gasteiger partial charge on any atom is -0.497 e. The summed E-state index contributed by atoms with van der Waals surface area (Å²) in [4.78, 5) is 21.3. The molecule has 3 fully saturated rings. The Kier molecular flexibility index (Phi) is 5.48. The third-order valence-corrected chi connectivity index (χ3v) is 8.72. The number of piperidine rings is 1. The van der Waals surface area contributed by atoms with Crippen molar-refractivity contribution in [1.29, 1.82) is 5.26 Å². The summed E-state index contributed by atoms with van der Waals surface area (Å²) in [5.74, 6) is 1.18. The average Bonchev–Trinajstić information content (AvgIpc) is 3.14. The first kappa shape index (κ1) is 23.3. The van der Waals surface area contributed by atoms with Crippen LogP contribution in [0.25, 0.3) is 0 Å². The summed E-state index contributed by atoms with van der Waals surface area (Å²) in [5.41, 5.74) is 1.95. The van der Waals surface area contributed by atoms with Crippen molar-refractivity contribution in [3.8, 4) is 17.6 Å². The second kappa shape index (κ2) is 8.48. The summed E-state index contributed by atoms with van der Waals surface area (Å²) in [7, 11) is 5.45. The van der Waals surface area contributed by atoms with Crippen molar-refractivity contribution >= 4 is 11.6 Å². The number of hydrogen-bond acceptors (Lipinski definition) is 7. The van der Waals surface area contributed by atoms with Gasteiger partial charge in [-0.25, -0.2) is 0 Å². The van der Waals surface area contributed by atoms with Gasteiger partial charge in [-0.05, 0) is 69.4 Å². The largest absolute Gasteiger partial charge is 0.497 e. The highest BCUT2D eigenvalue weighted by Crippen LogP contribution is 2.55. The summed E-state index contributed by atoms with van der Waals surface area (Å²) < 4.78 is 11.3. The summed E-state index contributed by atoms with van der Waals surface area (Å²) in [5, 5.41) is 12.7. The van der Waals surface area contributed by atoms with Crippen LogP contribution in [0.3, 0.4) is 0 Å². The molecule has 36 heavy (non-hydrogen) atoms. The topological polar surface area (TPSA) is 81.1 Å². The number of nitrogens with zero attached hydrogens (tertiary/aromatic N) is 4. The molecule has 3 saturated heterocycles. The van der Waals surface area contributed by atoms with Gasteiger partial charge in [-0.2, -0.15) is 5.26 Å². The molecular weight excluding hydrogens is 454 g/mol. The second-order valence-electron chi connectivity index (χ2n) is 10.9. The molecule has 1 spiro atoms. The van der Waals surface area contributed by atoms with Crippen LogP contribution in [0.5, 0.6) is 11.5 Å². The Morgan fingerprint density at radius 1 is 1.00 bits per heavy atom. The summed E-state index contributed by atoms with van der Waals surface area (Å²) in [6, 6.07) is 14.0. The molecule has 0 aromatic heterocycles. The number of nitriles is 1. The van der Waals surface area contributed by atoms with Gasteiger partial charge in [0.25, 0.3) is 5.91 Å². The smallest absolute Gasteiger partial charge is 0.254 e. The summed E-state index contributed by atoms with van der Waals surface area (Å²) >= 11 is 0. The fourth-order valence-electron chi connectivity index (χ4n) is 6.84. The van der Waals surface area contributed by atoms with E-state index in [4.69, 9.17) is 9.47 Å². The zero-order valence-electron chi connectivity index (χ0n) is 21.2. The average molecular weight is 488 g/mol. The number of fused-ring (bicyclic) bond motifs is 1. The molecule has 1 amide bonds. The standard InChI is InChI=1S/C28H33N5O3/c1-31-10-8-20(9-11-31)32-15-27(16-32)17-33(18-27)28(23-13-21(35-2)5-7-25(23)36-3)22-12-19(14-29)4-6-24(22)30-26(28)34/h4-7,12-13,20H,8-11,15-18H2,1-3H3,(H,30,34). The fourth-order valence-corrected chi connectivity index (χ4v) is 6.84. The molecule has 1 N–H and O–H groups in total. The van der Waals surface area contributed by atoms with Crippen LogP contribution in [-0.2, 0) is 10.3 Å². The van der Waals surface area contributed by atoms with Crippen LogP contribution < -0.4 is 14.8 Å². The molecule has 0 bridgehead atoms. The molecule has 0 saturated carbocycles. The maximum Gasteiger partial charge on any atom is 0.254 e. The molecule has 1 unspecified atom stereocenters. The Labute approximate surface area is 212 Å². The van der Waals surface area contributed by atoms with Crippen LogP contribution >= 0.6 is 0 Å². The minimum atomic E-state index is -1.08. The number of carbonyl (C=O) groups excluding carboxylic acids is 1. The molecule has 4 aliphatic heterocycles. The second-order valence-corrected chi connectivity index (χ2v) is 10.9. The van der Waals surface area contributed by atoms with E-state index < -0.39 is 5.54 Å². The fraction of sp³-hybridized carbons (Fsp3) is 0.500. The molecule has 4 aliphatic rings. The van der Waals surface area contributed by atoms with E-state index in [0.29, 0.717) is 23.1 Å². The molecule has 188 valence electrons. The lowest BCUT2D eigenvalue weighted by Gasteiger charge is -2.65. The molecule has 2 aromatic rings. The van der Waals surface area contributed by atoms with Crippen LogP contribution in [0.4, 0.5) is 5.69 Å². The van der Waals surface area contributed by atoms with Gasteiger partial charge in [0.2, 0.25) is 0 Å². The normalized spacial score (nSPS) is 26.0. The number of likely N-dealkylation sites (tertiary alicyclic amines) is 3. The van der Waals surface area contributed by atoms with E-state index in [9.17, 15) is 10.1 Å². The van der Waals surface area contributed by atoms with Gasteiger partial charge >= 0.3 is 0 Å². The van der Waals surface area contributed by atoms with Crippen molar-refractivity contribution in [2.24, 2.45) is 5.41 Å². The number of amides is 1. The van der Waals surface area contributed by atoms with Crippen LogP contribution in [0.15, 0.2) is 36.4 Å². The number of benzene rings is 2. The number of carbonyl (C=O) groups is 1. The van der Waals surface area contributed by atoms with Gasteiger partial charge in [-0.1, -0.05) is 0 Å². The van der Waals surface area contributed by atoms with Crippen LogP contribution in [-0.4, -0.2) is 87.2 Å². The summed E-state index contributed by atoms with van der Waals surface area (Å²) in [6.45, 7) is 6.13. The SMILES string of the molecule is COc1ccc(OC)c(C2(N3CC4(CN(C5CCN(C)CC5)C4)C3)C(=O)Nc3ccc(C#N)cc32)c1. The zero-order chi connectivity index (χ0) is 25.1. The molecule has 6 rings (SSSR count). The Bertz CT molecular complexity index is 1230. The Morgan fingerprint density at radius 2 is 1.75 bits per heavy atom. The first-order valence-corrected chi connectivity index (χ1v) is 12.7. The number of ether oxygens (including phenoxy) is 2. The van der Waals surface area contributed by atoms with Crippen LogP contribution in [0.2, 0.25) is 0 Å². The van der Waals surface area contributed by atoms with E-state index >= 15 is 0 Å². The van der Waals surface area contributed by atoms with E-state index in [2.05, 4.69) is 33.1 Å². The van der Waals surface area contributed by atoms with Crippen molar-refractivity contribution in [1.82, 2.24) is 14.7 Å². The molecular formula is C28H33N5O3. The molecule has 0 aliphatic carbocycles. The Hall–Kier alpha value is -3.12. The van der Waals surface area contributed by atoms with Gasteiger partial charge in [-0.3, -0.25) is 14.6 Å². The van der Waals surface area contributed by atoms with Gasteiger partial charge in [0.1, 0.15) is 11.5 Å².